The molecule has 120 valence electrons. The van der Waals surface area contributed by atoms with Crippen LogP contribution in [-0.2, 0) is 0 Å². The molecule has 1 aliphatic carbocycles. The third kappa shape index (κ3) is 3.89. The van der Waals surface area contributed by atoms with Crippen molar-refractivity contribution in [3.8, 4) is 17.0 Å². The Kier molecular flexibility index (Phi) is 4.33. The Morgan fingerprint density at radius 2 is 1.87 bits per heavy atom. The first-order valence-electron chi connectivity index (χ1n) is 8.08. The van der Waals surface area contributed by atoms with Gasteiger partial charge in [0.15, 0.2) is 0 Å². The summed E-state index contributed by atoms with van der Waals surface area (Å²) in [5, 5.41) is 3.00. The number of nitrogens with zero attached hydrogens (tertiary/aromatic N) is 1. The van der Waals surface area contributed by atoms with Crippen molar-refractivity contribution in [1.82, 2.24) is 10.3 Å². The topological polar surface area (TPSA) is 51.2 Å². The van der Waals surface area contributed by atoms with Crippen LogP contribution in [0.15, 0.2) is 36.4 Å². The predicted octanol–water partition coefficient (Wildman–Crippen LogP) is 3.74. The SMILES string of the molecule is Cc1nc(OC(C)C)ccc1-c1ccc(C(=O)NC2CC2)cc1. The molecule has 23 heavy (non-hydrogen) atoms. The Morgan fingerprint density at radius 3 is 2.43 bits per heavy atom. The second-order valence-corrected chi connectivity index (χ2v) is 6.27. The smallest absolute Gasteiger partial charge is 0.251 e. The number of aryl methyl sites for hydroxylation is 1. The number of amides is 1. The first-order chi connectivity index (χ1) is 11.0. The molecular weight excluding hydrogens is 288 g/mol. The summed E-state index contributed by atoms with van der Waals surface area (Å²) in [6.07, 6.45) is 2.30. The minimum Gasteiger partial charge on any atom is -0.475 e. The first kappa shape index (κ1) is 15.5. The maximum Gasteiger partial charge on any atom is 0.251 e. The average Bonchev–Trinajstić information content (AvgIpc) is 3.31. The van der Waals surface area contributed by atoms with E-state index in [1.807, 2.05) is 57.2 Å². The number of aromatic nitrogens is 1. The predicted molar refractivity (Wildman–Crippen MR) is 90.7 cm³/mol. The van der Waals surface area contributed by atoms with Gasteiger partial charge in [0.25, 0.3) is 5.91 Å². The van der Waals surface area contributed by atoms with E-state index < -0.39 is 0 Å². The number of hydrogen-bond acceptors (Lipinski definition) is 3. The fourth-order valence-corrected chi connectivity index (χ4v) is 2.45. The van der Waals surface area contributed by atoms with Gasteiger partial charge in [-0.25, -0.2) is 4.98 Å². The number of benzene rings is 1. The van der Waals surface area contributed by atoms with Crippen molar-refractivity contribution in [1.29, 1.82) is 0 Å². The third-order valence-corrected chi connectivity index (χ3v) is 3.79. The molecule has 1 aromatic heterocycles. The van der Waals surface area contributed by atoms with E-state index in [9.17, 15) is 4.79 Å². The van der Waals surface area contributed by atoms with Crippen molar-refractivity contribution in [2.75, 3.05) is 0 Å². The van der Waals surface area contributed by atoms with Crippen LogP contribution in [0.2, 0.25) is 0 Å². The van der Waals surface area contributed by atoms with Gasteiger partial charge in [-0.15, -0.1) is 0 Å². The molecule has 1 N–H and O–H groups in total. The summed E-state index contributed by atoms with van der Waals surface area (Å²) in [4.78, 5) is 16.5. The lowest BCUT2D eigenvalue weighted by atomic mass is 10.0. The maximum absolute atomic E-state index is 12.0. The molecule has 0 aliphatic heterocycles. The zero-order valence-electron chi connectivity index (χ0n) is 13.8. The number of ether oxygens (including phenoxy) is 1. The molecule has 1 aromatic carbocycles. The third-order valence-electron chi connectivity index (χ3n) is 3.79. The fourth-order valence-electron chi connectivity index (χ4n) is 2.45. The molecule has 0 saturated heterocycles. The highest BCUT2D eigenvalue weighted by atomic mass is 16.5. The molecular formula is C19H22N2O2. The maximum atomic E-state index is 12.0. The second-order valence-electron chi connectivity index (χ2n) is 6.27. The lowest BCUT2D eigenvalue weighted by Gasteiger charge is -2.12. The van der Waals surface area contributed by atoms with Crippen LogP contribution < -0.4 is 10.1 Å². The molecule has 1 aliphatic rings. The van der Waals surface area contributed by atoms with Crippen LogP contribution in [-0.4, -0.2) is 23.0 Å². The molecule has 1 saturated carbocycles. The first-order valence-corrected chi connectivity index (χ1v) is 8.08. The summed E-state index contributed by atoms with van der Waals surface area (Å²) in [5.74, 6) is 0.649. The average molecular weight is 310 g/mol. The molecule has 2 aromatic rings. The molecule has 4 heteroatoms. The molecule has 0 unspecified atom stereocenters. The van der Waals surface area contributed by atoms with Crippen molar-refractivity contribution in [3.05, 3.63) is 47.7 Å². The zero-order chi connectivity index (χ0) is 16.4. The number of nitrogens with one attached hydrogen (secondary N) is 1. The van der Waals surface area contributed by atoms with E-state index in [-0.39, 0.29) is 12.0 Å². The summed E-state index contributed by atoms with van der Waals surface area (Å²) in [6, 6.07) is 11.9. The summed E-state index contributed by atoms with van der Waals surface area (Å²) in [7, 11) is 0. The van der Waals surface area contributed by atoms with E-state index in [0.29, 0.717) is 17.5 Å². The monoisotopic (exact) mass is 310 g/mol. The van der Waals surface area contributed by atoms with Crippen molar-refractivity contribution >= 4 is 5.91 Å². The Bertz CT molecular complexity index is 704. The number of hydrogen-bond donors (Lipinski definition) is 1. The summed E-state index contributed by atoms with van der Waals surface area (Å²) in [5.41, 5.74) is 3.72. The van der Waals surface area contributed by atoms with Crippen LogP contribution >= 0.6 is 0 Å². The van der Waals surface area contributed by atoms with Gasteiger partial charge < -0.3 is 10.1 Å². The molecule has 1 amide bonds. The summed E-state index contributed by atoms with van der Waals surface area (Å²) < 4.78 is 5.62. The number of carbonyl (C=O) groups excluding carboxylic acids is 1. The van der Waals surface area contributed by atoms with Gasteiger partial charge in [-0.3, -0.25) is 4.79 Å². The Labute approximate surface area is 136 Å². The van der Waals surface area contributed by atoms with Gasteiger partial charge in [-0.1, -0.05) is 12.1 Å². The normalized spacial score (nSPS) is 13.9. The van der Waals surface area contributed by atoms with Crippen LogP contribution in [0.3, 0.4) is 0 Å². The summed E-state index contributed by atoms with van der Waals surface area (Å²) >= 11 is 0. The zero-order valence-corrected chi connectivity index (χ0v) is 13.8. The van der Waals surface area contributed by atoms with Crippen LogP contribution in [0, 0.1) is 6.92 Å². The number of rotatable bonds is 5. The Balaban J connectivity index is 1.77. The highest BCUT2D eigenvalue weighted by Gasteiger charge is 2.23. The number of pyridine rings is 1. The Hall–Kier alpha value is -2.36. The minimum absolute atomic E-state index is 0.00887. The molecule has 4 nitrogen and oxygen atoms in total. The van der Waals surface area contributed by atoms with Gasteiger partial charge in [0, 0.05) is 28.9 Å². The van der Waals surface area contributed by atoms with Crippen LogP contribution in [0.25, 0.3) is 11.1 Å². The highest BCUT2D eigenvalue weighted by molar-refractivity contribution is 5.95. The molecule has 1 heterocycles. The van der Waals surface area contributed by atoms with E-state index in [2.05, 4.69) is 10.3 Å². The van der Waals surface area contributed by atoms with Crippen molar-refractivity contribution in [3.63, 3.8) is 0 Å². The van der Waals surface area contributed by atoms with E-state index in [1.165, 1.54) is 0 Å². The van der Waals surface area contributed by atoms with E-state index >= 15 is 0 Å². The molecule has 3 rings (SSSR count). The van der Waals surface area contributed by atoms with Gasteiger partial charge in [0.2, 0.25) is 5.88 Å². The fraction of sp³-hybridized carbons (Fsp3) is 0.368. The largest absolute Gasteiger partial charge is 0.475 e. The van der Waals surface area contributed by atoms with Gasteiger partial charge in [-0.2, -0.15) is 0 Å². The summed E-state index contributed by atoms with van der Waals surface area (Å²) in [6.45, 7) is 5.93. The van der Waals surface area contributed by atoms with Crippen molar-refractivity contribution < 1.29 is 9.53 Å². The Morgan fingerprint density at radius 1 is 1.17 bits per heavy atom. The molecule has 0 atom stereocenters. The number of carbonyl (C=O) groups is 1. The van der Waals surface area contributed by atoms with Gasteiger partial charge >= 0.3 is 0 Å². The molecule has 1 fully saturated rings. The van der Waals surface area contributed by atoms with Gasteiger partial charge in [0.1, 0.15) is 0 Å². The second kappa shape index (κ2) is 6.41. The quantitative estimate of drug-likeness (QED) is 0.915. The van der Waals surface area contributed by atoms with Crippen LogP contribution in [0.1, 0.15) is 42.7 Å². The molecule has 0 radical (unpaired) electrons. The lowest BCUT2D eigenvalue weighted by Crippen LogP contribution is -2.25. The van der Waals surface area contributed by atoms with Gasteiger partial charge in [-0.05, 0) is 57.4 Å². The minimum atomic E-state index is 0.00887. The van der Waals surface area contributed by atoms with Crippen LogP contribution in [0.5, 0.6) is 5.88 Å². The van der Waals surface area contributed by atoms with Gasteiger partial charge in [0.05, 0.1) is 6.10 Å². The highest BCUT2D eigenvalue weighted by Crippen LogP contribution is 2.25. The van der Waals surface area contributed by atoms with E-state index in [0.717, 1.165) is 29.7 Å². The van der Waals surface area contributed by atoms with Crippen LogP contribution in [0.4, 0.5) is 0 Å². The van der Waals surface area contributed by atoms with E-state index in [4.69, 9.17) is 4.74 Å². The molecule has 0 spiro atoms. The molecule has 0 bridgehead atoms. The van der Waals surface area contributed by atoms with Crippen molar-refractivity contribution in [2.45, 2.75) is 45.8 Å². The van der Waals surface area contributed by atoms with Crippen molar-refractivity contribution in [2.24, 2.45) is 0 Å². The lowest BCUT2D eigenvalue weighted by molar-refractivity contribution is 0.0951. The standard InChI is InChI=1S/C19H22N2O2/c1-12(2)23-18-11-10-17(13(3)20-18)14-4-6-15(7-5-14)19(22)21-16-8-9-16/h4-7,10-12,16H,8-9H2,1-3H3,(H,21,22). The van der Waals surface area contributed by atoms with E-state index in [1.54, 1.807) is 0 Å².